The van der Waals surface area contributed by atoms with Gasteiger partial charge in [-0.3, -0.25) is 4.79 Å². The summed E-state index contributed by atoms with van der Waals surface area (Å²) in [7, 11) is 0. The lowest BCUT2D eigenvalue weighted by Gasteiger charge is -2.20. The smallest absolute Gasteiger partial charge is 0.310 e. The van der Waals surface area contributed by atoms with Crippen molar-refractivity contribution in [1.82, 2.24) is 0 Å². The Kier molecular flexibility index (Phi) is 3.48. The molecule has 0 fully saturated rings. The maximum atomic E-state index is 13.3. The number of carbonyl (C=O) groups excluding carboxylic acids is 1. The first kappa shape index (κ1) is 13.8. The maximum Gasteiger partial charge on any atom is 0.310 e. The van der Waals surface area contributed by atoms with Crippen molar-refractivity contribution in [3.05, 3.63) is 40.7 Å². The average molecular weight is 262 g/mol. The Morgan fingerprint density at radius 2 is 2.05 bits per heavy atom. The molecule has 0 radical (unpaired) electrons. The molecule has 2 nitrogen and oxygen atoms in total. The van der Waals surface area contributed by atoms with Crippen LogP contribution in [0.25, 0.3) is 5.57 Å². The fraction of sp³-hybridized carbons (Fsp3) is 0.438. The zero-order valence-corrected chi connectivity index (χ0v) is 11.8. The van der Waals surface area contributed by atoms with Crippen molar-refractivity contribution in [3.63, 3.8) is 0 Å². The van der Waals surface area contributed by atoms with Crippen LogP contribution in [0.4, 0.5) is 4.39 Å². The predicted molar refractivity (Wildman–Crippen MR) is 73.2 cm³/mol. The van der Waals surface area contributed by atoms with Crippen LogP contribution in [0.15, 0.2) is 23.8 Å². The summed E-state index contributed by atoms with van der Waals surface area (Å²) in [4.78, 5) is 11.9. The highest BCUT2D eigenvalue weighted by molar-refractivity contribution is 5.89. The van der Waals surface area contributed by atoms with Crippen molar-refractivity contribution < 1.29 is 13.9 Å². The van der Waals surface area contributed by atoms with E-state index in [9.17, 15) is 9.18 Å². The number of carbonyl (C=O) groups is 1. The van der Waals surface area contributed by atoms with Crippen molar-refractivity contribution in [1.29, 1.82) is 0 Å². The monoisotopic (exact) mass is 262 g/mol. The highest BCUT2D eigenvalue weighted by Gasteiger charge is 2.24. The summed E-state index contributed by atoms with van der Waals surface area (Å²) in [5.74, 6) is -0.533. The van der Waals surface area contributed by atoms with Crippen molar-refractivity contribution in [2.75, 3.05) is 0 Å². The van der Waals surface area contributed by atoms with Crippen LogP contribution in [0.2, 0.25) is 0 Å². The highest BCUT2D eigenvalue weighted by atomic mass is 19.1. The predicted octanol–water partition coefficient (Wildman–Crippen LogP) is 3.89. The molecule has 1 aromatic rings. The second kappa shape index (κ2) is 4.80. The fourth-order valence-corrected chi connectivity index (χ4v) is 2.37. The molecule has 19 heavy (non-hydrogen) atoms. The van der Waals surface area contributed by atoms with Gasteiger partial charge >= 0.3 is 5.97 Å². The zero-order chi connectivity index (χ0) is 14.2. The van der Waals surface area contributed by atoms with Crippen LogP contribution in [0.3, 0.4) is 0 Å². The van der Waals surface area contributed by atoms with E-state index < -0.39 is 5.60 Å². The van der Waals surface area contributed by atoms with E-state index in [1.54, 1.807) is 6.07 Å². The number of fused-ring (bicyclic) bond motifs is 1. The Bertz CT molecular complexity index is 550. The van der Waals surface area contributed by atoms with E-state index >= 15 is 0 Å². The Morgan fingerprint density at radius 3 is 2.68 bits per heavy atom. The first-order valence-electron chi connectivity index (χ1n) is 6.45. The van der Waals surface area contributed by atoms with Gasteiger partial charge in [-0.1, -0.05) is 11.6 Å². The van der Waals surface area contributed by atoms with E-state index in [4.69, 9.17) is 4.74 Å². The van der Waals surface area contributed by atoms with Gasteiger partial charge in [0.2, 0.25) is 0 Å². The van der Waals surface area contributed by atoms with Gasteiger partial charge in [-0.2, -0.15) is 0 Å². The summed E-state index contributed by atoms with van der Waals surface area (Å²) in [6, 6.07) is 4.75. The lowest BCUT2D eigenvalue weighted by Crippen LogP contribution is -2.23. The number of benzene rings is 1. The van der Waals surface area contributed by atoms with E-state index in [1.165, 1.54) is 12.1 Å². The van der Waals surface area contributed by atoms with Crippen LogP contribution in [0.1, 0.15) is 45.2 Å². The molecule has 0 bridgehead atoms. The Balaban J connectivity index is 2.20. The van der Waals surface area contributed by atoms with Gasteiger partial charge in [0.05, 0.1) is 6.42 Å². The van der Waals surface area contributed by atoms with Gasteiger partial charge in [-0.05, 0) is 62.9 Å². The zero-order valence-electron chi connectivity index (χ0n) is 11.8. The van der Waals surface area contributed by atoms with Crippen LogP contribution in [0, 0.1) is 5.82 Å². The number of esters is 1. The van der Waals surface area contributed by atoms with Gasteiger partial charge in [0, 0.05) is 0 Å². The SMILES string of the molecule is CC1=C(CC(=O)OC(C)(C)C)c2cc(F)ccc2C1. The molecule has 0 heterocycles. The fourth-order valence-electron chi connectivity index (χ4n) is 2.37. The molecule has 0 atom stereocenters. The van der Waals surface area contributed by atoms with Crippen molar-refractivity contribution in [3.8, 4) is 0 Å². The molecule has 1 aliphatic carbocycles. The summed E-state index contributed by atoms with van der Waals surface area (Å²) in [6.45, 7) is 7.51. The molecular weight excluding hydrogens is 243 g/mol. The van der Waals surface area contributed by atoms with E-state index in [1.807, 2.05) is 27.7 Å². The number of hydrogen-bond donors (Lipinski definition) is 0. The van der Waals surface area contributed by atoms with Crippen molar-refractivity contribution in [2.24, 2.45) is 0 Å². The first-order valence-corrected chi connectivity index (χ1v) is 6.45. The Hall–Kier alpha value is -1.64. The topological polar surface area (TPSA) is 26.3 Å². The van der Waals surface area contributed by atoms with Crippen molar-refractivity contribution >= 4 is 11.5 Å². The van der Waals surface area contributed by atoms with Crippen LogP contribution in [0.5, 0.6) is 0 Å². The molecule has 0 N–H and O–H groups in total. The largest absolute Gasteiger partial charge is 0.460 e. The number of ether oxygens (including phenoxy) is 1. The molecular formula is C16H19FO2. The minimum atomic E-state index is -0.491. The molecule has 0 aliphatic heterocycles. The third kappa shape index (κ3) is 3.22. The minimum absolute atomic E-state index is 0.208. The van der Waals surface area contributed by atoms with Crippen LogP contribution in [-0.4, -0.2) is 11.6 Å². The van der Waals surface area contributed by atoms with Gasteiger partial charge in [-0.15, -0.1) is 0 Å². The van der Waals surface area contributed by atoms with Gasteiger partial charge in [-0.25, -0.2) is 4.39 Å². The standard InChI is InChI=1S/C16H19FO2/c1-10-7-11-5-6-12(17)8-14(11)13(10)9-15(18)19-16(2,3)4/h5-6,8H,7,9H2,1-4H3. The minimum Gasteiger partial charge on any atom is -0.460 e. The molecule has 1 aliphatic rings. The van der Waals surface area contributed by atoms with E-state index in [0.29, 0.717) is 0 Å². The second-order valence-electron chi connectivity index (χ2n) is 6.00. The third-order valence-electron chi connectivity index (χ3n) is 3.11. The number of allylic oxidation sites excluding steroid dienone is 1. The van der Waals surface area contributed by atoms with Crippen LogP contribution < -0.4 is 0 Å². The third-order valence-corrected chi connectivity index (χ3v) is 3.11. The van der Waals surface area contributed by atoms with Crippen molar-refractivity contribution in [2.45, 2.75) is 46.1 Å². The normalized spacial score (nSPS) is 14.6. The number of hydrogen-bond acceptors (Lipinski definition) is 2. The molecule has 3 heteroatoms. The molecule has 0 aromatic heterocycles. The first-order chi connectivity index (χ1) is 8.76. The molecule has 2 rings (SSSR count). The quantitative estimate of drug-likeness (QED) is 0.756. The van der Waals surface area contributed by atoms with E-state index in [0.717, 1.165) is 28.7 Å². The van der Waals surface area contributed by atoms with Gasteiger partial charge in [0.15, 0.2) is 0 Å². The lowest BCUT2D eigenvalue weighted by molar-refractivity contribution is -0.153. The Morgan fingerprint density at radius 1 is 1.37 bits per heavy atom. The summed E-state index contributed by atoms with van der Waals surface area (Å²) in [6.07, 6.45) is 0.993. The summed E-state index contributed by atoms with van der Waals surface area (Å²) >= 11 is 0. The molecule has 0 saturated carbocycles. The molecule has 0 unspecified atom stereocenters. The number of rotatable bonds is 2. The van der Waals surface area contributed by atoms with Crippen LogP contribution >= 0.6 is 0 Å². The molecule has 0 saturated heterocycles. The number of halogens is 1. The molecule has 0 spiro atoms. The summed E-state index contributed by atoms with van der Waals surface area (Å²) in [5, 5.41) is 0. The highest BCUT2D eigenvalue weighted by Crippen LogP contribution is 2.35. The average Bonchev–Trinajstić information content (AvgIpc) is 2.53. The molecule has 102 valence electrons. The van der Waals surface area contributed by atoms with E-state index in [-0.39, 0.29) is 18.2 Å². The summed E-state index contributed by atoms with van der Waals surface area (Å²) in [5.41, 5.74) is 3.46. The van der Waals surface area contributed by atoms with Gasteiger partial charge < -0.3 is 4.74 Å². The van der Waals surface area contributed by atoms with Gasteiger partial charge in [0.25, 0.3) is 0 Å². The second-order valence-corrected chi connectivity index (χ2v) is 6.00. The van der Waals surface area contributed by atoms with Crippen LogP contribution in [-0.2, 0) is 16.0 Å². The molecule has 0 amide bonds. The van der Waals surface area contributed by atoms with E-state index in [2.05, 4.69) is 0 Å². The maximum absolute atomic E-state index is 13.3. The van der Waals surface area contributed by atoms with Gasteiger partial charge in [0.1, 0.15) is 11.4 Å². The molecule has 1 aromatic carbocycles. The summed E-state index contributed by atoms with van der Waals surface area (Å²) < 4.78 is 18.7. The Labute approximate surface area is 113 Å². The lowest BCUT2D eigenvalue weighted by atomic mass is 10.0.